The number of nitrogens with one attached hydrogen (secondary N) is 1. The molecule has 1 aromatic carbocycles. The molecule has 4 heteroatoms. The zero-order valence-electron chi connectivity index (χ0n) is 12.4. The van der Waals surface area contributed by atoms with Gasteiger partial charge in [-0.3, -0.25) is 4.98 Å². The van der Waals surface area contributed by atoms with E-state index in [1.807, 2.05) is 30.5 Å². The van der Waals surface area contributed by atoms with Crippen molar-refractivity contribution in [3.63, 3.8) is 0 Å². The summed E-state index contributed by atoms with van der Waals surface area (Å²) in [7, 11) is 0. The Balaban J connectivity index is 2.25. The van der Waals surface area contributed by atoms with Gasteiger partial charge in [0.05, 0.1) is 10.0 Å². The van der Waals surface area contributed by atoms with E-state index in [1.54, 1.807) is 0 Å². The third-order valence-electron chi connectivity index (χ3n) is 3.50. The summed E-state index contributed by atoms with van der Waals surface area (Å²) in [5, 5.41) is 4.75. The van der Waals surface area contributed by atoms with Crippen molar-refractivity contribution in [2.75, 3.05) is 6.54 Å². The molecule has 0 fully saturated rings. The second-order valence-electron chi connectivity index (χ2n) is 5.15. The minimum atomic E-state index is 0.188. The molecule has 0 bridgehead atoms. The zero-order chi connectivity index (χ0) is 15.2. The molecule has 21 heavy (non-hydrogen) atoms. The van der Waals surface area contributed by atoms with Gasteiger partial charge in [-0.2, -0.15) is 0 Å². The Bertz CT molecular complexity index is 599. The molecule has 0 aliphatic heterocycles. The third kappa shape index (κ3) is 4.44. The number of hydrogen-bond donors (Lipinski definition) is 1. The Hall–Kier alpha value is -1.09. The van der Waals surface area contributed by atoms with E-state index in [4.69, 9.17) is 23.2 Å². The summed E-state index contributed by atoms with van der Waals surface area (Å²) >= 11 is 12.2. The van der Waals surface area contributed by atoms with Crippen LogP contribution in [0.15, 0.2) is 36.5 Å². The highest BCUT2D eigenvalue weighted by Crippen LogP contribution is 2.27. The molecular formula is C17H20Cl2N2. The first-order valence-electron chi connectivity index (χ1n) is 7.20. The fourth-order valence-electron chi connectivity index (χ4n) is 2.28. The zero-order valence-corrected chi connectivity index (χ0v) is 13.9. The summed E-state index contributed by atoms with van der Waals surface area (Å²) in [5.41, 5.74) is 3.46. The molecule has 1 atom stereocenters. The van der Waals surface area contributed by atoms with Gasteiger partial charge >= 0.3 is 0 Å². The van der Waals surface area contributed by atoms with Crippen LogP contribution in [0, 0.1) is 6.92 Å². The lowest BCUT2D eigenvalue weighted by Crippen LogP contribution is -2.24. The van der Waals surface area contributed by atoms with Crippen LogP contribution in [0.3, 0.4) is 0 Å². The van der Waals surface area contributed by atoms with E-state index < -0.39 is 0 Å². The van der Waals surface area contributed by atoms with Crippen molar-refractivity contribution in [1.29, 1.82) is 0 Å². The number of halogens is 2. The van der Waals surface area contributed by atoms with Crippen LogP contribution in [0.4, 0.5) is 0 Å². The maximum absolute atomic E-state index is 6.15. The first-order chi connectivity index (χ1) is 10.1. The number of benzene rings is 1. The van der Waals surface area contributed by atoms with E-state index in [0.717, 1.165) is 30.6 Å². The van der Waals surface area contributed by atoms with Gasteiger partial charge in [0.2, 0.25) is 0 Å². The molecule has 2 nitrogen and oxygen atoms in total. The first kappa shape index (κ1) is 16.3. The highest BCUT2D eigenvalue weighted by Gasteiger charge is 2.14. The molecule has 0 radical (unpaired) electrons. The number of aromatic nitrogens is 1. The van der Waals surface area contributed by atoms with E-state index in [2.05, 4.69) is 30.2 Å². The molecular weight excluding hydrogens is 303 g/mol. The second-order valence-corrected chi connectivity index (χ2v) is 5.97. The predicted molar refractivity (Wildman–Crippen MR) is 90.2 cm³/mol. The average molecular weight is 323 g/mol. The SMILES string of the molecule is CCCNC(Cc1ncccc1C)c1ccc(Cl)c(Cl)c1. The van der Waals surface area contributed by atoms with Gasteiger partial charge in [-0.05, 0) is 49.2 Å². The fourth-order valence-corrected chi connectivity index (χ4v) is 2.59. The summed E-state index contributed by atoms with van der Waals surface area (Å²) in [5.74, 6) is 0. The lowest BCUT2D eigenvalue weighted by molar-refractivity contribution is 0.523. The smallest absolute Gasteiger partial charge is 0.0595 e. The van der Waals surface area contributed by atoms with Gasteiger partial charge in [0.25, 0.3) is 0 Å². The molecule has 2 aromatic rings. The number of hydrogen-bond acceptors (Lipinski definition) is 2. The van der Waals surface area contributed by atoms with E-state index in [9.17, 15) is 0 Å². The Kier molecular flexibility index (Phi) is 6.04. The number of aryl methyl sites for hydroxylation is 1. The summed E-state index contributed by atoms with van der Waals surface area (Å²) in [6.07, 6.45) is 3.76. The molecule has 1 heterocycles. The largest absolute Gasteiger partial charge is 0.310 e. The molecule has 0 amide bonds. The van der Waals surface area contributed by atoms with Crippen LogP contribution in [0.2, 0.25) is 10.0 Å². The highest BCUT2D eigenvalue weighted by atomic mass is 35.5. The van der Waals surface area contributed by atoms with Gasteiger partial charge in [0.1, 0.15) is 0 Å². The fraction of sp³-hybridized carbons (Fsp3) is 0.353. The minimum Gasteiger partial charge on any atom is -0.310 e. The quantitative estimate of drug-likeness (QED) is 0.811. The van der Waals surface area contributed by atoms with Crippen molar-refractivity contribution in [2.24, 2.45) is 0 Å². The molecule has 0 saturated carbocycles. The molecule has 1 unspecified atom stereocenters. The van der Waals surface area contributed by atoms with Gasteiger partial charge < -0.3 is 5.32 Å². The van der Waals surface area contributed by atoms with Crippen molar-refractivity contribution in [1.82, 2.24) is 10.3 Å². The molecule has 0 spiro atoms. The molecule has 0 saturated heterocycles. The molecule has 112 valence electrons. The molecule has 2 rings (SSSR count). The van der Waals surface area contributed by atoms with Gasteiger partial charge in [0, 0.05) is 24.4 Å². The van der Waals surface area contributed by atoms with Crippen LogP contribution in [-0.4, -0.2) is 11.5 Å². The van der Waals surface area contributed by atoms with E-state index in [-0.39, 0.29) is 6.04 Å². The second kappa shape index (κ2) is 7.79. The van der Waals surface area contributed by atoms with Gasteiger partial charge in [-0.25, -0.2) is 0 Å². The van der Waals surface area contributed by atoms with Crippen molar-refractivity contribution in [3.8, 4) is 0 Å². The van der Waals surface area contributed by atoms with Crippen LogP contribution in [0.5, 0.6) is 0 Å². The summed E-state index contributed by atoms with van der Waals surface area (Å²) in [6.45, 7) is 5.20. The Morgan fingerprint density at radius 1 is 1.19 bits per heavy atom. The Morgan fingerprint density at radius 2 is 2.00 bits per heavy atom. The van der Waals surface area contributed by atoms with Crippen LogP contribution < -0.4 is 5.32 Å². The molecule has 1 N–H and O–H groups in total. The van der Waals surface area contributed by atoms with E-state index in [0.29, 0.717) is 10.0 Å². The lowest BCUT2D eigenvalue weighted by Gasteiger charge is -2.20. The molecule has 0 aliphatic carbocycles. The van der Waals surface area contributed by atoms with Crippen molar-refractivity contribution < 1.29 is 0 Å². The number of rotatable bonds is 6. The summed E-state index contributed by atoms with van der Waals surface area (Å²) < 4.78 is 0. The van der Waals surface area contributed by atoms with Crippen molar-refractivity contribution in [2.45, 2.75) is 32.7 Å². The standard InChI is InChI=1S/C17H20Cl2N2/c1-3-8-20-17(11-16-12(2)5-4-9-21-16)13-6-7-14(18)15(19)10-13/h4-7,9-10,17,20H,3,8,11H2,1-2H3. The Labute approximate surface area is 136 Å². The Morgan fingerprint density at radius 3 is 2.67 bits per heavy atom. The first-order valence-corrected chi connectivity index (χ1v) is 7.96. The summed E-state index contributed by atoms with van der Waals surface area (Å²) in [4.78, 5) is 4.49. The van der Waals surface area contributed by atoms with E-state index in [1.165, 1.54) is 5.56 Å². The predicted octanol–water partition coefficient (Wildman–Crippen LogP) is 4.98. The molecule has 1 aromatic heterocycles. The lowest BCUT2D eigenvalue weighted by atomic mass is 9.99. The molecule has 0 aliphatic rings. The van der Waals surface area contributed by atoms with Crippen LogP contribution in [0.1, 0.15) is 36.2 Å². The number of pyridine rings is 1. The third-order valence-corrected chi connectivity index (χ3v) is 4.24. The number of nitrogens with zero attached hydrogens (tertiary/aromatic N) is 1. The van der Waals surface area contributed by atoms with Gasteiger partial charge in [-0.1, -0.05) is 42.3 Å². The monoisotopic (exact) mass is 322 g/mol. The van der Waals surface area contributed by atoms with Crippen LogP contribution >= 0.6 is 23.2 Å². The van der Waals surface area contributed by atoms with Gasteiger partial charge in [-0.15, -0.1) is 0 Å². The van der Waals surface area contributed by atoms with E-state index >= 15 is 0 Å². The maximum Gasteiger partial charge on any atom is 0.0595 e. The topological polar surface area (TPSA) is 24.9 Å². The van der Waals surface area contributed by atoms with Crippen molar-refractivity contribution >= 4 is 23.2 Å². The van der Waals surface area contributed by atoms with Gasteiger partial charge in [0.15, 0.2) is 0 Å². The van der Waals surface area contributed by atoms with Crippen LogP contribution in [0.25, 0.3) is 0 Å². The van der Waals surface area contributed by atoms with Crippen LogP contribution in [-0.2, 0) is 6.42 Å². The average Bonchev–Trinajstić information content (AvgIpc) is 2.48. The normalized spacial score (nSPS) is 12.4. The van der Waals surface area contributed by atoms with Crippen molar-refractivity contribution in [3.05, 3.63) is 63.4 Å². The summed E-state index contributed by atoms with van der Waals surface area (Å²) in [6, 6.07) is 10.1. The maximum atomic E-state index is 6.15. The highest BCUT2D eigenvalue weighted by molar-refractivity contribution is 6.42. The minimum absolute atomic E-state index is 0.188.